The molecule has 1 atom stereocenters. The Labute approximate surface area is 93.6 Å². The quantitative estimate of drug-likeness (QED) is 0.594. The Hall–Kier alpha value is -0.720. The third-order valence-corrected chi connectivity index (χ3v) is 3.74. The normalized spacial score (nSPS) is 22.1. The van der Waals surface area contributed by atoms with Gasteiger partial charge in [-0.3, -0.25) is 10.3 Å². The molecule has 0 radical (unpaired) electrons. The molecule has 0 aromatic carbocycles. The summed E-state index contributed by atoms with van der Waals surface area (Å²) in [5.41, 5.74) is 2.52. The third-order valence-electron chi connectivity index (χ3n) is 2.90. The standard InChI is InChI=1S/C9H17N5S/c1-2-7-3-4-14(5-7)6-8-12-13-9(11-10)15-8/h7H,2-6,10H2,1H3,(H,11,13). The van der Waals surface area contributed by atoms with Crippen LogP contribution in [0, 0.1) is 5.92 Å². The molecule has 1 aromatic rings. The van der Waals surface area contributed by atoms with Crippen molar-refractivity contribution in [3.05, 3.63) is 5.01 Å². The summed E-state index contributed by atoms with van der Waals surface area (Å²) in [4.78, 5) is 2.44. The van der Waals surface area contributed by atoms with E-state index in [1.807, 2.05) is 0 Å². The predicted octanol–water partition coefficient (Wildman–Crippen LogP) is 1.06. The Balaban J connectivity index is 1.87. The van der Waals surface area contributed by atoms with Gasteiger partial charge in [0, 0.05) is 6.54 Å². The zero-order chi connectivity index (χ0) is 10.7. The van der Waals surface area contributed by atoms with Gasteiger partial charge < -0.3 is 0 Å². The van der Waals surface area contributed by atoms with Crippen LogP contribution in [-0.4, -0.2) is 28.2 Å². The van der Waals surface area contributed by atoms with Gasteiger partial charge in [0.05, 0.1) is 6.54 Å². The summed E-state index contributed by atoms with van der Waals surface area (Å²) >= 11 is 1.53. The van der Waals surface area contributed by atoms with Crippen molar-refractivity contribution in [2.75, 3.05) is 18.5 Å². The van der Waals surface area contributed by atoms with Gasteiger partial charge in [-0.15, -0.1) is 10.2 Å². The van der Waals surface area contributed by atoms with Gasteiger partial charge in [-0.2, -0.15) is 0 Å². The van der Waals surface area contributed by atoms with Crippen LogP contribution in [0.2, 0.25) is 0 Å². The molecule has 0 bridgehead atoms. The van der Waals surface area contributed by atoms with Crippen molar-refractivity contribution >= 4 is 16.5 Å². The molecule has 1 saturated heterocycles. The molecule has 3 N–H and O–H groups in total. The summed E-state index contributed by atoms with van der Waals surface area (Å²) in [5.74, 6) is 6.12. The highest BCUT2D eigenvalue weighted by molar-refractivity contribution is 7.15. The zero-order valence-electron chi connectivity index (χ0n) is 8.94. The smallest absolute Gasteiger partial charge is 0.219 e. The van der Waals surface area contributed by atoms with Crippen LogP contribution in [-0.2, 0) is 6.54 Å². The Morgan fingerprint density at radius 1 is 1.60 bits per heavy atom. The van der Waals surface area contributed by atoms with Gasteiger partial charge in [0.15, 0.2) is 0 Å². The lowest BCUT2D eigenvalue weighted by molar-refractivity contribution is 0.314. The first-order valence-electron chi connectivity index (χ1n) is 5.33. The molecule has 1 aliphatic rings. The van der Waals surface area contributed by atoms with Crippen LogP contribution in [0.4, 0.5) is 5.13 Å². The first kappa shape index (κ1) is 10.8. The summed E-state index contributed by atoms with van der Waals surface area (Å²) in [7, 11) is 0. The molecule has 1 unspecified atom stereocenters. The van der Waals surface area contributed by atoms with Crippen molar-refractivity contribution in [3.63, 3.8) is 0 Å². The Bertz CT molecular complexity index is 313. The van der Waals surface area contributed by atoms with Crippen LogP contribution in [0.15, 0.2) is 0 Å². The first-order valence-corrected chi connectivity index (χ1v) is 6.14. The molecule has 1 aliphatic heterocycles. The third kappa shape index (κ3) is 2.64. The average molecular weight is 227 g/mol. The number of rotatable bonds is 4. The number of aromatic nitrogens is 2. The molecule has 2 rings (SSSR count). The maximum Gasteiger partial charge on any atom is 0.219 e. The fraction of sp³-hybridized carbons (Fsp3) is 0.778. The molecular weight excluding hydrogens is 210 g/mol. The van der Waals surface area contributed by atoms with E-state index in [9.17, 15) is 0 Å². The van der Waals surface area contributed by atoms with Crippen LogP contribution >= 0.6 is 11.3 Å². The Kier molecular flexibility index (Phi) is 3.50. The number of nitrogens with one attached hydrogen (secondary N) is 1. The van der Waals surface area contributed by atoms with Gasteiger partial charge >= 0.3 is 0 Å². The number of nitrogens with zero attached hydrogens (tertiary/aromatic N) is 3. The van der Waals surface area contributed by atoms with Gasteiger partial charge in [0.25, 0.3) is 0 Å². The highest BCUT2D eigenvalue weighted by atomic mass is 32.1. The summed E-state index contributed by atoms with van der Waals surface area (Å²) in [6.07, 6.45) is 2.60. The number of hydrogen-bond acceptors (Lipinski definition) is 6. The van der Waals surface area contributed by atoms with E-state index < -0.39 is 0 Å². The molecule has 0 saturated carbocycles. The minimum atomic E-state index is 0.691. The molecule has 1 aromatic heterocycles. The van der Waals surface area contributed by atoms with E-state index in [1.165, 1.54) is 37.3 Å². The van der Waals surface area contributed by atoms with Gasteiger partial charge in [-0.25, -0.2) is 5.84 Å². The van der Waals surface area contributed by atoms with Crippen LogP contribution < -0.4 is 11.3 Å². The molecule has 0 aliphatic carbocycles. The monoisotopic (exact) mass is 227 g/mol. The van der Waals surface area contributed by atoms with E-state index >= 15 is 0 Å². The number of nitrogens with two attached hydrogens (primary N) is 1. The molecule has 5 nitrogen and oxygen atoms in total. The first-order chi connectivity index (χ1) is 7.31. The van der Waals surface area contributed by atoms with E-state index in [-0.39, 0.29) is 0 Å². The van der Waals surface area contributed by atoms with E-state index in [0.717, 1.165) is 17.5 Å². The van der Waals surface area contributed by atoms with Gasteiger partial charge in [0.2, 0.25) is 5.13 Å². The molecular formula is C9H17N5S. The van der Waals surface area contributed by atoms with E-state index in [2.05, 4.69) is 27.4 Å². The highest BCUT2D eigenvalue weighted by Crippen LogP contribution is 2.22. The SMILES string of the molecule is CCC1CCN(Cc2nnc(NN)s2)C1. The average Bonchev–Trinajstić information content (AvgIpc) is 2.87. The number of anilines is 1. The van der Waals surface area contributed by atoms with Crippen molar-refractivity contribution in [1.29, 1.82) is 0 Å². The van der Waals surface area contributed by atoms with Crippen molar-refractivity contribution in [2.45, 2.75) is 26.3 Å². The second-order valence-corrected chi connectivity index (χ2v) is 5.01. The summed E-state index contributed by atoms with van der Waals surface area (Å²) < 4.78 is 0. The molecule has 1 fully saturated rings. The van der Waals surface area contributed by atoms with Gasteiger partial charge in [-0.05, 0) is 18.9 Å². The van der Waals surface area contributed by atoms with Crippen LogP contribution in [0.25, 0.3) is 0 Å². The van der Waals surface area contributed by atoms with Crippen LogP contribution in [0.5, 0.6) is 0 Å². The van der Waals surface area contributed by atoms with Gasteiger partial charge in [-0.1, -0.05) is 24.7 Å². The molecule has 0 amide bonds. The van der Waals surface area contributed by atoms with E-state index in [4.69, 9.17) is 5.84 Å². The van der Waals surface area contributed by atoms with Crippen molar-refractivity contribution in [1.82, 2.24) is 15.1 Å². The number of hydrazine groups is 1. The van der Waals surface area contributed by atoms with Crippen molar-refractivity contribution in [3.8, 4) is 0 Å². The minimum absolute atomic E-state index is 0.691. The van der Waals surface area contributed by atoms with Crippen molar-refractivity contribution < 1.29 is 0 Å². The zero-order valence-corrected chi connectivity index (χ0v) is 9.76. The topological polar surface area (TPSA) is 67.1 Å². The number of likely N-dealkylation sites (tertiary alicyclic amines) is 1. The molecule has 84 valence electrons. The molecule has 15 heavy (non-hydrogen) atoms. The highest BCUT2D eigenvalue weighted by Gasteiger charge is 2.21. The number of hydrogen-bond donors (Lipinski definition) is 2. The largest absolute Gasteiger partial charge is 0.298 e. The summed E-state index contributed by atoms with van der Waals surface area (Å²) in [6, 6.07) is 0. The summed E-state index contributed by atoms with van der Waals surface area (Å²) in [5, 5.41) is 9.74. The van der Waals surface area contributed by atoms with E-state index in [0.29, 0.717) is 5.13 Å². The molecule has 0 spiro atoms. The summed E-state index contributed by atoms with van der Waals surface area (Å²) in [6.45, 7) is 5.55. The molecule has 2 heterocycles. The second-order valence-electron chi connectivity index (χ2n) is 3.94. The van der Waals surface area contributed by atoms with Gasteiger partial charge in [0.1, 0.15) is 5.01 Å². The second kappa shape index (κ2) is 4.87. The maximum atomic E-state index is 5.26. The lowest BCUT2D eigenvalue weighted by Gasteiger charge is -2.12. The predicted molar refractivity (Wildman–Crippen MR) is 61.4 cm³/mol. The fourth-order valence-electron chi connectivity index (χ4n) is 1.96. The fourth-order valence-corrected chi connectivity index (χ4v) is 2.65. The minimum Gasteiger partial charge on any atom is -0.298 e. The number of nitrogen functional groups attached to an aromatic ring is 1. The van der Waals surface area contributed by atoms with Crippen molar-refractivity contribution in [2.24, 2.45) is 11.8 Å². The Morgan fingerprint density at radius 2 is 2.47 bits per heavy atom. The maximum absolute atomic E-state index is 5.26. The lowest BCUT2D eigenvalue weighted by Crippen LogP contribution is -2.19. The lowest BCUT2D eigenvalue weighted by atomic mass is 10.1. The van der Waals surface area contributed by atoms with Crippen LogP contribution in [0.1, 0.15) is 24.8 Å². The van der Waals surface area contributed by atoms with Crippen LogP contribution in [0.3, 0.4) is 0 Å². The Morgan fingerprint density at radius 3 is 3.07 bits per heavy atom. The molecule has 6 heteroatoms. The van der Waals surface area contributed by atoms with E-state index in [1.54, 1.807) is 0 Å².